The Kier molecular flexibility index (Phi) is 5.17. The van der Waals surface area contributed by atoms with Gasteiger partial charge in [0, 0.05) is 0 Å². The molecule has 0 amide bonds. The average molecular weight is 371 g/mol. The van der Waals surface area contributed by atoms with Crippen LogP contribution >= 0.6 is 0 Å². The molecule has 4 atom stereocenters. The predicted octanol–water partition coefficient (Wildman–Crippen LogP) is 8.40. The highest BCUT2D eigenvalue weighted by Crippen LogP contribution is 2.61. The molecule has 0 bridgehead atoms. The summed E-state index contributed by atoms with van der Waals surface area (Å²) in [6.45, 7) is 5.03. The zero-order valence-electron chi connectivity index (χ0n) is 18.5. The highest BCUT2D eigenvalue weighted by atomic mass is 14.5. The molecule has 0 N–H and O–H groups in total. The average Bonchev–Trinajstić information content (AvgIpc) is 3.28. The summed E-state index contributed by atoms with van der Waals surface area (Å²) >= 11 is 0. The normalized spacial score (nSPS) is 53.6. The van der Waals surface area contributed by atoms with Crippen LogP contribution in [0.5, 0.6) is 0 Å². The van der Waals surface area contributed by atoms with E-state index in [9.17, 15) is 0 Å². The fraction of sp³-hybridized carbons (Fsp3) is 1.00. The Morgan fingerprint density at radius 3 is 1.07 bits per heavy atom. The molecule has 0 aliphatic heterocycles. The topological polar surface area (TPSA) is 0 Å². The van der Waals surface area contributed by atoms with Gasteiger partial charge in [0.15, 0.2) is 0 Å². The number of rotatable bonds is 0. The first-order valence-electron chi connectivity index (χ1n) is 13.0. The molecule has 0 nitrogen and oxygen atoms in total. The van der Waals surface area contributed by atoms with Gasteiger partial charge in [0.05, 0.1) is 0 Å². The molecule has 0 heteroatoms. The lowest BCUT2D eigenvalue weighted by Gasteiger charge is -2.32. The van der Waals surface area contributed by atoms with E-state index in [1.807, 2.05) is 0 Å². The quantitative estimate of drug-likeness (QED) is 0.401. The van der Waals surface area contributed by atoms with Crippen LogP contribution in [0.3, 0.4) is 0 Å². The third-order valence-electron chi connectivity index (χ3n) is 10.5. The zero-order valence-corrected chi connectivity index (χ0v) is 18.5. The summed E-state index contributed by atoms with van der Waals surface area (Å²) in [7, 11) is 0. The molecule has 0 aromatic rings. The van der Waals surface area contributed by atoms with Gasteiger partial charge in [-0.25, -0.2) is 0 Å². The van der Waals surface area contributed by atoms with E-state index in [0.717, 1.165) is 46.3 Å². The first-order chi connectivity index (χ1) is 13.0. The molecule has 5 aliphatic carbocycles. The van der Waals surface area contributed by atoms with E-state index in [2.05, 4.69) is 13.8 Å². The van der Waals surface area contributed by atoms with Gasteiger partial charge in [0.2, 0.25) is 0 Å². The Morgan fingerprint density at radius 2 is 0.741 bits per heavy atom. The van der Waals surface area contributed by atoms with Crippen molar-refractivity contribution in [2.24, 2.45) is 46.3 Å². The summed E-state index contributed by atoms with van der Waals surface area (Å²) in [5.41, 5.74) is 1.57. The lowest BCUT2D eigenvalue weighted by atomic mass is 9.73. The monoisotopic (exact) mass is 370 g/mol. The predicted molar refractivity (Wildman–Crippen MR) is 116 cm³/mol. The van der Waals surface area contributed by atoms with E-state index in [-0.39, 0.29) is 0 Å². The van der Waals surface area contributed by atoms with Crippen LogP contribution in [0.15, 0.2) is 0 Å². The molecule has 2 spiro atoms. The van der Waals surface area contributed by atoms with E-state index < -0.39 is 0 Å². The molecule has 0 saturated heterocycles. The molecule has 5 aliphatic rings. The maximum Gasteiger partial charge on any atom is -0.0292 e. The van der Waals surface area contributed by atoms with E-state index in [0.29, 0.717) is 0 Å². The van der Waals surface area contributed by atoms with Gasteiger partial charge in [-0.3, -0.25) is 0 Å². The summed E-state index contributed by atoms with van der Waals surface area (Å²) in [6.07, 6.45) is 26.9. The van der Waals surface area contributed by atoms with Crippen LogP contribution in [0.2, 0.25) is 0 Å². The van der Waals surface area contributed by atoms with Gasteiger partial charge in [0.1, 0.15) is 0 Å². The SMILES string of the molecule is CC1CC2CC3(CCCCCC4(CCCC3)CC3CC(C)CC3C4)CC2C1. The van der Waals surface area contributed by atoms with E-state index in [1.54, 1.807) is 109 Å². The third-order valence-corrected chi connectivity index (χ3v) is 10.5. The first kappa shape index (κ1) is 19.0. The van der Waals surface area contributed by atoms with Crippen LogP contribution in [0.4, 0.5) is 0 Å². The van der Waals surface area contributed by atoms with Crippen molar-refractivity contribution < 1.29 is 0 Å². The molecular weight excluding hydrogens is 324 g/mol. The minimum absolute atomic E-state index is 0.786. The summed E-state index contributed by atoms with van der Waals surface area (Å²) in [6, 6.07) is 0. The standard InChI is InChI=1S/C27H46/c1-20-12-22-16-26(17-23(22)13-20)8-4-3-5-9-27(11-7-6-10-26)18-24-14-21(2)15-25(24)19-27/h20-25H,3-19H2,1-2H3. The van der Waals surface area contributed by atoms with Crippen molar-refractivity contribution in [1.29, 1.82) is 0 Å². The fourth-order valence-corrected chi connectivity index (χ4v) is 9.66. The molecule has 154 valence electrons. The number of hydrogen-bond acceptors (Lipinski definition) is 0. The van der Waals surface area contributed by atoms with Crippen LogP contribution in [0, 0.1) is 46.3 Å². The van der Waals surface area contributed by atoms with E-state index in [4.69, 9.17) is 0 Å². The molecule has 0 aromatic heterocycles. The number of fused-ring (bicyclic) bond motifs is 2. The Balaban J connectivity index is 1.21. The fourth-order valence-electron chi connectivity index (χ4n) is 9.66. The second-order valence-corrected chi connectivity index (χ2v) is 12.8. The molecule has 0 radical (unpaired) electrons. The Labute approximate surface area is 169 Å². The minimum Gasteiger partial charge on any atom is -0.0625 e. The van der Waals surface area contributed by atoms with Crippen LogP contribution < -0.4 is 0 Å². The van der Waals surface area contributed by atoms with E-state index in [1.165, 1.54) is 0 Å². The molecular formula is C27H46. The van der Waals surface area contributed by atoms with Crippen LogP contribution in [-0.2, 0) is 0 Å². The number of hydrogen-bond donors (Lipinski definition) is 0. The second-order valence-electron chi connectivity index (χ2n) is 12.8. The van der Waals surface area contributed by atoms with Gasteiger partial charge in [0.25, 0.3) is 0 Å². The Bertz CT molecular complexity index is 444. The van der Waals surface area contributed by atoms with Crippen molar-refractivity contribution in [3.63, 3.8) is 0 Å². The third kappa shape index (κ3) is 3.77. The summed E-state index contributed by atoms with van der Waals surface area (Å²) < 4.78 is 0. The molecule has 5 rings (SSSR count). The summed E-state index contributed by atoms with van der Waals surface area (Å²) in [4.78, 5) is 0. The highest BCUT2D eigenvalue weighted by Gasteiger charge is 2.49. The van der Waals surface area contributed by atoms with Gasteiger partial charge in [-0.1, -0.05) is 46.0 Å². The Hall–Kier alpha value is 0. The van der Waals surface area contributed by atoms with Gasteiger partial charge in [-0.15, -0.1) is 0 Å². The highest BCUT2D eigenvalue weighted by molar-refractivity contribution is 5.00. The van der Waals surface area contributed by atoms with Crippen LogP contribution in [0.25, 0.3) is 0 Å². The molecule has 5 fully saturated rings. The molecule has 5 saturated carbocycles. The van der Waals surface area contributed by atoms with Gasteiger partial charge in [-0.2, -0.15) is 0 Å². The van der Waals surface area contributed by atoms with Crippen LogP contribution in [-0.4, -0.2) is 0 Å². The van der Waals surface area contributed by atoms with Crippen molar-refractivity contribution in [2.75, 3.05) is 0 Å². The van der Waals surface area contributed by atoms with Gasteiger partial charge in [-0.05, 0) is 123 Å². The Morgan fingerprint density at radius 1 is 0.444 bits per heavy atom. The minimum atomic E-state index is 0.786. The first-order valence-corrected chi connectivity index (χ1v) is 13.0. The van der Waals surface area contributed by atoms with E-state index >= 15 is 0 Å². The molecule has 0 aromatic carbocycles. The maximum atomic E-state index is 2.51. The second kappa shape index (κ2) is 7.36. The van der Waals surface area contributed by atoms with Crippen molar-refractivity contribution in [1.82, 2.24) is 0 Å². The lowest BCUT2D eigenvalue weighted by molar-refractivity contribution is 0.196. The van der Waals surface area contributed by atoms with Gasteiger partial charge < -0.3 is 0 Å². The van der Waals surface area contributed by atoms with Crippen molar-refractivity contribution >= 4 is 0 Å². The summed E-state index contributed by atoms with van der Waals surface area (Å²) in [5, 5.41) is 0. The zero-order chi connectivity index (χ0) is 18.5. The van der Waals surface area contributed by atoms with Crippen LogP contribution in [0.1, 0.15) is 123 Å². The lowest BCUT2D eigenvalue weighted by Crippen LogP contribution is -2.19. The maximum absolute atomic E-state index is 2.51. The smallest absolute Gasteiger partial charge is 0.0292 e. The van der Waals surface area contributed by atoms with Gasteiger partial charge >= 0.3 is 0 Å². The molecule has 4 unspecified atom stereocenters. The largest absolute Gasteiger partial charge is 0.0625 e. The van der Waals surface area contributed by atoms with Crippen molar-refractivity contribution in [2.45, 2.75) is 123 Å². The molecule has 27 heavy (non-hydrogen) atoms. The summed E-state index contributed by atoms with van der Waals surface area (Å²) in [5.74, 6) is 6.54. The van der Waals surface area contributed by atoms with Crippen molar-refractivity contribution in [3.8, 4) is 0 Å². The molecule has 0 heterocycles. The van der Waals surface area contributed by atoms with Crippen molar-refractivity contribution in [3.05, 3.63) is 0 Å².